The molecule has 0 saturated heterocycles. The summed E-state index contributed by atoms with van der Waals surface area (Å²) in [6.45, 7) is 0. The molecule has 112 valence electrons. The van der Waals surface area contributed by atoms with Gasteiger partial charge < -0.3 is 5.32 Å². The molecule has 1 aliphatic carbocycles. The van der Waals surface area contributed by atoms with Gasteiger partial charge in [-0.3, -0.25) is 14.6 Å². The maximum atomic E-state index is 11.9. The smallest absolute Gasteiger partial charge is 0.231 e. The van der Waals surface area contributed by atoms with Crippen molar-refractivity contribution >= 4 is 17.5 Å². The van der Waals surface area contributed by atoms with Crippen LogP contribution in [0, 0.1) is 0 Å². The first-order chi connectivity index (χ1) is 10.7. The second-order valence-electron chi connectivity index (χ2n) is 5.37. The third-order valence-corrected chi connectivity index (χ3v) is 3.68. The zero-order valence-corrected chi connectivity index (χ0v) is 12.0. The molecule has 22 heavy (non-hydrogen) atoms. The molecule has 0 aliphatic heterocycles. The van der Waals surface area contributed by atoms with Gasteiger partial charge >= 0.3 is 0 Å². The largest absolute Gasteiger partial charge is 0.309 e. The first-order valence-electron chi connectivity index (χ1n) is 7.26. The lowest BCUT2D eigenvalue weighted by Gasteiger charge is -2.08. The van der Waals surface area contributed by atoms with Gasteiger partial charge in [-0.2, -0.15) is 5.10 Å². The molecule has 2 aromatic rings. The molecular weight excluding hydrogens is 280 g/mol. The number of anilines is 1. The molecule has 0 spiro atoms. The Labute approximate surface area is 128 Å². The molecule has 6 nitrogen and oxygen atoms in total. The van der Waals surface area contributed by atoms with Gasteiger partial charge in [0, 0.05) is 30.7 Å². The maximum Gasteiger partial charge on any atom is 0.231 e. The highest BCUT2D eigenvalue weighted by atomic mass is 16.1. The lowest BCUT2D eigenvalue weighted by Crippen LogP contribution is -2.16. The monoisotopic (exact) mass is 296 g/mol. The van der Waals surface area contributed by atoms with Crippen LogP contribution in [0.3, 0.4) is 0 Å². The second-order valence-corrected chi connectivity index (χ2v) is 5.37. The van der Waals surface area contributed by atoms with Crippen LogP contribution in [-0.4, -0.2) is 26.9 Å². The summed E-state index contributed by atoms with van der Waals surface area (Å²) < 4.78 is 0. The minimum atomic E-state index is -0.184. The first kappa shape index (κ1) is 14.3. The van der Waals surface area contributed by atoms with Gasteiger partial charge in [0.1, 0.15) is 5.78 Å². The molecule has 1 saturated carbocycles. The number of rotatable bonds is 4. The van der Waals surface area contributed by atoms with Crippen molar-refractivity contribution in [2.75, 3.05) is 5.32 Å². The Morgan fingerprint density at radius 3 is 2.77 bits per heavy atom. The summed E-state index contributed by atoms with van der Waals surface area (Å²) in [6, 6.07) is 8.99. The van der Waals surface area contributed by atoms with E-state index in [0.717, 1.165) is 12.1 Å². The van der Waals surface area contributed by atoms with E-state index in [1.54, 1.807) is 24.4 Å². The first-order valence-corrected chi connectivity index (χ1v) is 7.26. The zero-order chi connectivity index (χ0) is 15.4. The van der Waals surface area contributed by atoms with Crippen molar-refractivity contribution in [3.8, 4) is 0 Å². The highest BCUT2D eigenvalue weighted by Crippen LogP contribution is 2.30. The summed E-state index contributed by atoms with van der Waals surface area (Å²) in [5.74, 6) is 0.670. The van der Waals surface area contributed by atoms with Crippen molar-refractivity contribution in [2.24, 2.45) is 0 Å². The summed E-state index contributed by atoms with van der Waals surface area (Å²) >= 11 is 0. The zero-order valence-electron chi connectivity index (χ0n) is 12.0. The summed E-state index contributed by atoms with van der Waals surface area (Å²) in [5, 5.41) is 10.8. The minimum Gasteiger partial charge on any atom is -0.309 e. The molecule has 3 rings (SSSR count). The van der Waals surface area contributed by atoms with Gasteiger partial charge in [0.25, 0.3) is 0 Å². The number of amides is 1. The Morgan fingerprint density at radius 1 is 1.23 bits per heavy atom. The number of hydrogen-bond donors (Lipinski definition) is 1. The predicted octanol–water partition coefficient (Wildman–Crippen LogP) is 1.89. The molecule has 1 N–H and O–H groups in total. The summed E-state index contributed by atoms with van der Waals surface area (Å²) in [5.41, 5.74) is 1.52. The molecule has 6 heteroatoms. The third kappa shape index (κ3) is 3.52. The Hall–Kier alpha value is -2.63. The number of ketones is 1. The highest BCUT2D eigenvalue weighted by Gasteiger charge is 2.24. The fourth-order valence-corrected chi connectivity index (χ4v) is 2.55. The van der Waals surface area contributed by atoms with Crippen LogP contribution in [0.15, 0.2) is 36.5 Å². The Kier molecular flexibility index (Phi) is 4.18. The van der Waals surface area contributed by atoms with Crippen molar-refractivity contribution in [2.45, 2.75) is 31.6 Å². The van der Waals surface area contributed by atoms with Gasteiger partial charge in [0.05, 0.1) is 12.1 Å². The lowest BCUT2D eigenvalue weighted by molar-refractivity contribution is -0.117. The molecular formula is C16H16N4O2. The minimum absolute atomic E-state index is 0.165. The van der Waals surface area contributed by atoms with E-state index < -0.39 is 0 Å². The molecule has 1 fully saturated rings. The van der Waals surface area contributed by atoms with Gasteiger partial charge in [-0.15, -0.1) is 5.10 Å². The fourth-order valence-electron chi connectivity index (χ4n) is 2.55. The standard InChI is InChI=1S/C16H16N4O2/c21-13-5-4-11(9-13)14-6-7-15(20-19-14)18-16(22)10-12-3-1-2-8-17-12/h1-3,6-8,11H,4-5,9-10H2,(H,18,20,22)/t11-/m1/s1. The van der Waals surface area contributed by atoms with Gasteiger partial charge in [0.2, 0.25) is 5.91 Å². The van der Waals surface area contributed by atoms with Gasteiger partial charge in [0.15, 0.2) is 5.82 Å². The van der Waals surface area contributed by atoms with Crippen molar-refractivity contribution in [1.82, 2.24) is 15.2 Å². The lowest BCUT2D eigenvalue weighted by atomic mass is 10.0. The van der Waals surface area contributed by atoms with Crippen LogP contribution >= 0.6 is 0 Å². The number of carbonyl (C=O) groups excluding carboxylic acids is 2. The SMILES string of the molecule is O=C1CC[C@@H](c2ccc(NC(=O)Cc3ccccn3)nn2)C1. The van der Waals surface area contributed by atoms with E-state index >= 15 is 0 Å². The van der Waals surface area contributed by atoms with E-state index in [2.05, 4.69) is 20.5 Å². The second kappa shape index (κ2) is 6.43. The molecule has 2 aromatic heterocycles. The number of Topliss-reactive ketones (excluding diaryl/α,β-unsaturated/α-hetero) is 1. The summed E-state index contributed by atoms with van der Waals surface area (Å²) in [4.78, 5) is 27.3. The van der Waals surface area contributed by atoms with Crippen LogP contribution in [0.5, 0.6) is 0 Å². The topological polar surface area (TPSA) is 84.8 Å². The predicted molar refractivity (Wildman–Crippen MR) is 80.2 cm³/mol. The number of carbonyl (C=O) groups is 2. The van der Waals surface area contributed by atoms with E-state index in [1.165, 1.54) is 0 Å². The average Bonchev–Trinajstić information content (AvgIpc) is 2.95. The normalized spacial score (nSPS) is 17.5. The van der Waals surface area contributed by atoms with Crippen LogP contribution in [0.1, 0.15) is 36.6 Å². The Bertz CT molecular complexity index is 670. The number of pyridine rings is 1. The van der Waals surface area contributed by atoms with Crippen LogP contribution in [0.25, 0.3) is 0 Å². The molecule has 0 bridgehead atoms. The van der Waals surface area contributed by atoms with Crippen molar-refractivity contribution in [3.63, 3.8) is 0 Å². The summed E-state index contributed by atoms with van der Waals surface area (Å²) in [6.07, 6.45) is 3.84. The highest BCUT2D eigenvalue weighted by molar-refractivity contribution is 5.91. The van der Waals surface area contributed by atoms with Crippen LogP contribution in [0.4, 0.5) is 5.82 Å². The van der Waals surface area contributed by atoms with Gasteiger partial charge in [-0.25, -0.2) is 0 Å². The molecule has 0 aromatic carbocycles. The third-order valence-electron chi connectivity index (χ3n) is 3.68. The van der Waals surface area contributed by atoms with Crippen LogP contribution in [0.2, 0.25) is 0 Å². The fraction of sp³-hybridized carbons (Fsp3) is 0.312. The Morgan fingerprint density at radius 2 is 2.14 bits per heavy atom. The maximum absolute atomic E-state index is 11.9. The Balaban J connectivity index is 1.59. The molecule has 1 aliphatic rings. The van der Waals surface area contributed by atoms with Crippen molar-refractivity contribution in [1.29, 1.82) is 0 Å². The number of hydrogen-bond acceptors (Lipinski definition) is 5. The van der Waals surface area contributed by atoms with E-state index in [0.29, 0.717) is 24.4 Å². The van der Waals surface area contributed by atoms with Crippen molar-refractivity contribution < 1.29 is 9.59 Å². The summed E-state index contributed by atoms with van der Waals surface area (Å²) in [7, 11) is 0. The molecule has 2 heterocycles. The molecule has 0 radical (unpaired) electrons. The molecule has 1 amide bonds. The number of aromatic nitrogens is 3. The van der Waals surface area contributed by atoms with E-state index in [9.17, 15) is 9.59 Å². The van der Waals surface area contributed by atoms with Crippen LogP contribution < -0.4 is 5.32 Å². The average molecular weight is 296 g/mol. The molecule has 1 atom stereocenters. The van der Waals surface area contributed by atoms with E-state index in [-0.39, 0.29) is 24.0 Å². The molecule has 0 unspecified atom stereocenters. The van der Waals surface area contributed by atoms with Gasteiger partial charge in [-0.1, -0.05) is 6.07 Å². The quantitative estimate of drug-likeness (QED) is 0.931. The van der Waals surface area contributed by atoms with Crippen LogP contribution in [-0.2, 0) is 16.0 Å². The number of nitrogens with zero attached hydrogens (tertiary/aromatic N) is 3. The van der Waals surface area contributed by atoms with E-state index in [4.69, 9.17) is 0 Å². The van der Waals surface area contributed by atoms with Gasteiger partial charge in [-0.05, 0) is 30.7 Å². The van der Waals surface area contributed by atoms with Crippen molar-refractivity contribution in [3.05, 3.63) is 47.9 Å². The van der Waals surface area contributed by atoms with E-state index in [1.807, 2.05) is 12.1 Å². The number of nitrogens with one attached hydrogen (secondary N) is 1.